The van der Waals surface area contributed by atoms with Gasteiger partial charge >= 0.3 is 0 Å². The Morgan fingerprint density at radius 2 is 1.96 bits per heavy atom. The molecular weight excluding hydrogens is 463 g/mol. The van der Waals surface area contributed by atoms with Crippen molar-refractivity contribution in [2.75, 3.05) is 40.0 Å². The molecule has 6 nitrogen and oxygen atoms in total. The summed E-state index contributed by atoms with van der Waals surface area (Å²) in [5.74, 6) is 0.917. The van der Waals surface area contributed by atoms with Crippen LogP contribution in [0.5, 0.6) is 0 Å². The SMILES string of the molecule is CN=C(NCc1cccc(CN(C)C)c1)N1CCS(=O)(=O)C(C)(C)C1.I. The van der Waals surface area contributed by atoms with Gasteiger partial charge in [0.1, 0.15) is 0 Å². The first-order chi connectivity index (χ1) is 11.6. The Bertz CT molecular complexity index is 732. The average Bonchev–Trinajstić information content (AvgIpc) is 2.51. The molecule has 0 bridgehead atoms. The maximum atomic E-state index is 12.2. The number of hydrogen-bond donors (Lipinski definition) is 1. The Kier molecular flexibility index (Phi) is 8.34. The summed E-state index contributed by atoms with van der Waals surface area (Å²) in [6, 6.07) is 8.46. The van der Waals surface area contributed by atoms with Crippen molar-refractivity contribution in [3.8, 4) is 0 Å². The Morgan fingerprint density at radius 3 is 2.54 bits per heavy atom. The van der Waals surface area contributed by atoms with Crippen molar-refractivity contribution < 1.29 is 8.42 Å². The molecule has 2 rings (SSSR count). The van der Waals surface area contributed by atoms with Crippen LogP contribution in [0.25, 0.3) is 0 Å². The van der Waals surface area contributed by atoms with Crippen molar-refractivity contribution in [2.45, 2.75) is 31.7 Å². The van der Waals surface area contributed by atoms with Crippen molar-refractivity contribution in [1.82, 2.24) is 15.1 Å². The number of benzene rings is 1. The number of sulfone groups is 1. The van der Waals surface area contributed by atoms with Gasteiger partial charge in [0.2, 0.25) is 0 Å². The number of guanidine groups is 1. The molecular formula is C18H31IN4O2S. The summed E-state index contributed by atoms with van der Waals surface area (Å²) in [6.07, 6.45) is 0. The normalized spacial score (nSPS) is 19.2. The molecule has 26 heavy (non-hydrogen) atoms. The molecule has 1 saturated heterocycles. The fourth-order valence-electron chi connectivity index (χ4n) is 3.04. The number of rotatable bonds is 4. The summed E-state index contributed by atoms with van der Waals surface area (Å²) in [6.45, 7) is 6.07. The summed E-state index contributed by atoms with van der Waals surface area (Å²) in [5, 5.41) is 3.37. The van der Waals surface area contributed by atoms with Crippen molar-refractivity contribution in [3.63, 3.8) is 0 Å². The van der Waals surface area contributed by atoms with E-state index in [0.717, 1.165) is 12.5 Å². The topological polar surface area (TPSA) is 65.0 Å². The molecule has 1 aliphatic rings. The van der Waals surface area contributed by atoms with Crippen LogP contribution in [-0.4, -0.2) is 68.9 Å². The van der Waals surface area contributed by atoms with Crippen molar-refractivity contribution in [2.24, 2.45) is 4.99 Å². The standard InChI is InChI=1S/C18H30N4O2S.HI/c1-18(2)14-22(9-10-25(18,23)24)17(19-3)20-12-15-7-6-8-16(11-15)13-21(4)5;/h6-8,11H,9-10,12-14H2,1-5H3,(H,19,20);1H. The van der Waals surface area contributed by atoms with Gasteiger partial charge in [-0.25, -0.2) is 8.42 Å². The van der Waals surface area contributed by atoms with E-state index in [2.05, 4.69) is 53.6 Å². The molecule has 1 aromatic carbocycles. The molecule has 0 amide bonds. The summed E-state index contributed by atoms with van der Waals surface area (Å²) in [4.78, 5) is 8.51. The fraction of sp³-hybridized carbons (Fsp3) is 0.611. The molecule has 0 atom stereocenters. The zero-order valence-electron chi connectivity index (χ0n) is 16.3. The first kappa shape index (κ1) is 23.2. The molecule has 1 aliphatic heterocycles. The molecule has 0 aliphatic carbocycles. The van der Waals surface area contributed by atoms with E-state index in [1.54, 1.807) is 20.9 Å². The van der Waals surface area contributed by atoms with Gasteiger partial charge in [0.25, 0.3) is 0 Å². The van der Waals surface area contributed by atoms with Crippen molar-refractivity contribution in [1.29, 1.82) is 0 Å². The monoisotopic (exact) mass is 494 g/mol. The molecule has 1 heterocycles. The minimum Gasteiger partial charge on any atom is -0.352 e. The molecule has 148 valence electrons. The summed E-state index contributed by atoms with van der Waals surface area (Å²) < 4.78 is 23.6. The van der Waals surface area contributed by atoms with Crippen LogP contribution in [0.15, 0.2) is 29.3 Å². The van der Waals surface area contributed by atoms with E-state index >= 15 is 0 Å². The average molecular weight is 494 g/mol. The highest BCUT2D eigenvalue weighted by Gasteiger charge is 2.40. The molecule has 1 fully saturated rings. The van der Waals surface area contributed by atoms with Crippen LogP contribution in [0.1, 0.15) is 25.0 Å². The molecule has 1 aromatic rings. The summed E-state index contributed by atoms with van der Waals surface area (Å²) in [5.41, 5.74) is 2.45. The Morgan fingerprint density at radius 1 is 1.31 bits per heavy atom. The molecule has 0 spiro atoms. The first-order valence-corrected chi connectivity index (χ1v) is 10.2. The van der Waals surface area contributed by atoms with E-state index in [4.69, 9.17) is 0 Å². The lowest BCUT2D eigenvalue weighted by Gasteiger charge is -2.39. The van der Waals surface area contributed by atoms with E-state index in [9.17, 15) is 8.42 Å². The third kappa shape index (κ3) is 5.82. The lowest BCUT2D eigenvalue weighted by atomic mass is 10.1. The zero-order valence-corrected chi connectivity index (χ0v) is 19.5. The van der Waals surface area contributed by atoms with Crippen LogP contribution in [0.2, 0.25) is 0 Å². The van der Waals surface area contributed by atoms with Crippen LogP contribution < -0.4 is 5.32 Å². The van der Waals surface area contributed by atoms with E-state index in [0.29, 0.717) is 19.6 Å². The van der Waals surface area contributed by atoms with Gasteiger partial charge in [0, 0.05) is 33.2 Å². The van der Waals surface area contributed by atoms with Crippen molar-refractivity contribution in [3.05, 3.63) is 35.4 Å². The molecule has 0 aromatic heterocycles. The number of aliphatic imine (C=N–C) groups is 1. The Balaban J connectivity index is 0.00000338. The highest BCUT2D eigenvalue weighted by atomic mass is 127. The number of hydrogen-bond acceptors (Lipinski definition) is 4. The van der Waals surface area contributed by atoms with Gasteiger partial charge in [-0.1, -0.05) is 24.3 Å². The number of halogens is 1. The van der Waals surface area contributed by atoms with Crippen LogP contribution in [0, 0.1) is 0 Å². The predicted octanol–water partition coefficient (Wildman–Crippen LogP) is 1.95. The summed E-state index contributed by atoms with van der Waals surface area (Å²) in [7, 11) is 2.80. The third-order valence-electron chi connectivity index (χ3n) is 4.50. The van der Waals surface area contributed by atoms with E-state index in [1.165, 1.54) is 11.1 Å². The van der Waals surface area contributed by atoms with Crippen molar-refractivity contribution >= 4 is 39.8 Å². The molecule has 1 N–H and O–H groups in total. The van der Waals surface area contributed by atoms with E-state index in [-0.39, 0.29) is 29.7 Å². The second kappa shape index (κ2) is 9.36. The lowest BCUT2D eigenvalue weighted by molar-refractivity contribution is 0.353. The van der Waals surface area contributed by atoms with E-state index < -0.39 is 14.6 Å². The van der Waals surface area contributed by atoms with Crippen LogP contribution in [0.4, 0.5) is 0 Å². The highest BCUT2D eigenvalue weighted by molar-refractivity contribution is 14.0. The summed E-state index contributed by atoms with van der Waals surface area (Å²) >= 11 is 0. The number of nitrogens with one attached hydrogen (secondary N) is 1. The first-order valence-electron chi connectivity index (χ1n) is 8.55. The second-order valence-electron chi connectivity index (χ2n) is 7.46. The van der Waals surface area contributed by atoms with Gasteiger partial charge in [-0.2, -0.15) is 0 Å². The predicted molar refractivity (Wildman–Crippen MR) is 119 cm³/mol. The van der Waals surface area contributed by atoms with Gasteiger partial charge < -0.3 is 15.1 Å². The van der Waals surface area contributed by atoms with Gasteiger partial charge in [0.15, 0.2) is 15.8 Å². The van der Waals surface area contributed by atoms with E-state index in [1.807, 2.05) is 4.90 Å². The van der Waals surface area contributed by atoms with Gasteiger partial charge in [-0.15, -0.1) is 24.0 Å². The minimum absolute atomic E-state index is 0. The lowest BCUT2D eigenvalue weighted by Crippen LogP contribution is -2.57. The van der Waals surface area contributed by atoms with Gasteiger partial charge in [-0.3, -0.25) is 4.99 Å². The molecule has 0 radical (unpaired) electrons. The third-order valence-corrected chi connectivity index (χ3v) is 7.03. The minimum atomic E-state index is -3.05. The largest absolute Gasteiger partial charge is 0.352 e. The van der Waals surface area contributed by atoms with Gasteiger partial charge in [0.05, 0.1) is 10.5 Å². The maximum Gasteiger partial charge on any atom is 0.193 e. The maximum absolute atomic E-state index is 12.2. The quantitative estimate of drug-likeness (QED) is 0.394. The Hall–Kier alpha value is -0.870. The molecule has 0 saturated carbocycles. The van der Waals surface area contributed by atoms with Crippen LogP contribution >= 0.6 is 24.0 Å². The van der Waals surface area contributed by atoms with Gasteiger partial charge in [-0.05, 0) is 39.1 Å². The van der Waals surface area contributed by atoms with Crippen LogP contribution in [0.3, 0.4) is 0 Å². The smallest absolute Gasteiger partial charge is 0.193 e. The molecule has 8 heteroatoms. The highest BCUT2D eigenvalue weighted by Crippen LogP contribution is 2.23. The zero-order chi connectivity index (χ0) is 18.7. The molecule has 0 unspecified atom stereocenters. The fourth-order valence-corrected chi connectivity index (χ4v) is 4.41. The Labute approximate surface area is 175 Å². The van der Waals surface area contributed by atoms with Crippen LogP contribution in [-0.2, 0) is 22.9 Å². The number of nitrogens with zero attached hydrogens (tertiary/aromatic N) is 3. The second-order valence-corrected chi connectivity index (χ2v) is 10.2.